The minimum atomic E-state index is -0.480. The van der Waals surface area contributed by atoms with Gasteiger partial charge in [-0.15, -0.1) is 0 Å². The lowest BCUT2D eigenvalue weighted by Gasteiger charge is -2.31. The van der Waals surface area contributed by atoms with Crippen molar-refractivity contribution in [3.63, 3.8) is 0 Å². The SMILES string of the molecule is CC(C)n1cnc2cc(C(=O)N3CCO[C@H](c4nc(-c5ccccn5)no4)C3)ccc21. The van der Waals surface area contributed by atoms with Gasteiger partial charge in [-0.3, -0.25) is 9.78 Å². The minimum absolute atomic E-state index is 0.0706. The fourth-order valence-electron chi connectivity index (χ4n) is 3.71. The molecule has 1 aliphatic heterocycles. The summed E-state index contributed by atoms with van der Waals surface area (Å²) in [7, 11) is 0. The van der Waals surface area contributed by atoms with E-state index in [-0.39, 0.29) is 5.91 Å². The van der Waals surface area contributed by atoms with Crippen molar-refractivity contribution in [2.24, 2.45) is 0 Å². The maximum Gasteiger partial charge on any atom is 0.257 e. The summed E-state index contributed by atoms with van der Waals surface area (Å²) in [6, 6.07) is 11.4. The number of imidazole rings is 1. The van der Waals surface area contributed by atoms with Crippen LogP contribution in [0.4, 0.5) is 0 Å². The van der Waals surface area contributed by atoms with E-state index >= 15 is 0 Å². The lowest BCUT2D eigenvalue weighted by atomic mass is 10.1. The largest absolute Gasteiger partial charge is 0.365 e. The maximum atomic E-state index is 13.1. The first kappa shape index (κ1) is 19.4. The highest BCUT2D eigenvalue weighted by molar-refractivity contribution is 5.97. The van der Waals surface area contributed by atoms with E-state index in [1.54, 1.807) is 11.1 Å². The van der Waals surface area contributed by atoms with E-state index in [4.69, 9.17) is 9.26 Å². The van der Waals surface area contributed by atoms with E-state index < -0.39 is 6.10 Å². The highest BCUT2D eigenvalue weighted by Gasteiger charge is 2.30. The first-order chi connectivity index (χ1) is 15.1. The third kappa shape index (κ3) is 3.68. The fourth-order valence-corrected chi connectivity index (χ4v) is 3.71. The summed E-state index contributed by atoms with van der Waals surface area (Å²) >= 11 is 0. The van der Waals surface area contributed by atoms with Crippen molar-refractivity contribution in [2.75, 3.05) is 19.7 Å². The predicted octanol–water partition coefficient (Wildman–Crippen LogP) is 3.28. The van der Waals surface area contributed by atoms with E-state index in [0.29, 0.717) is 48.7 Å². The lowest BCUT2D eigenvalue weighted by Crippen LogP contribution is -2.42. The average Bonchev–Trinajstić information content (AvgIpc) is 3.46. The number of nitrogens with zero attached hydrogens (tertiary/aromatic N) is 6. The van der Waals surface area contributed by atoms with Gasteiger partial charge >= 0.3 is 0 Å². The summed E-state index contributed by atoms with van der Waals surface area (Å²) < 4.78 is 13.3. The van der Waals surface area contributed by atoms with Crippen LogP contribution in [-0.4, -0.2) is 55.2 Å². The van der Waals surface area contributed by atoms with Gasteiger partial charge in [-0.2, -0.15) is 4.98 Å². The molecule has 31 heavy (non-hydrogen) atoms. The summed E-state index contributed by atoms with van der Waals surface area (Å²) in [5, 5.41) is 4.00. The fraction of sp³-hybridized carbons (Fsp3) is 0.318. The predicted molar refractivity (Wildman–Crippen MR) is 112 cm³/mol. The Bertz CT molecular complexity index is 1220. The zero-order valence-electron chi connectivity index (χ0n) is 17.3. The second-order valence-electron chi connectivity index (χ2n) is 7.73. The standard InChI is InChI=1S/C22H22N6O3/c1-14(2)28-13-24-17-11-15(6-7-18(17)28)22(29)27-9-10-30-19(12-27)21-25-20(26-31-21)16-5-3-4-8-23-16/h3-8,11,13-14,19H,9-10,12H2,1-2H3/t19-/m0/s1. The molecular formula is C22H22N6O3. The summed E-state index contributed by atoms with van der Waals surface area (Å²) in [6.07, 6.45) is 3.00. The number of rotatable bonds is 4. The molecule has 0 radical (unpaired) electrons. The van der Waals surface area contributed by atoms with Crippen molar-refractivity contribution in [1.82, 2.24) is 29.6 Å². The van der Waals surface area contributed by atoms with Gasteiger partial charge in [-0.25, -0.2) is 4.98 Å². The van der Waals surface area contributed by atoms with Gasteiger partial charge in [-0.1, -0.05) is 11.2 Å². The van der Waals surface area contributed by atoms with Crippen LogP contribution < -0.4 is 0 Å². The number of morpholine rings is 1. The van der Waals surface area contributed by atoms with Crippen LogP contribution >= 0.6 is 0 Å². The Morgan fingerprint density at radius 1 is 1.19 bits per heavy atom. The molecule has 0 aliphatic carbocycles. The molecule has 1 saturated heterocycles. The van der Waals surface area contributed by atoms with E-state index in [2.05, 4.69) is 38.5 Å². The average molecular weight is 418 g/mol. The van der Waals surface area contributed by atoms with Gasteiger partial charge in [0.1, 0.15) is 5.69 Å². The number of ether oxygens (including phenoxy) is 1. The monoisotopic (exact) mass is 418 g/mol. The van der Waals surface area contributed by atoms with Crippen LogP contribution in [0.15, 0.2) is 53.4 Å². The molecule has 5 rings (SSSR count). The van der Waals surface area contributed by atoms with Crippen molar-refractivity contribution in [1.29, 1.82) is 0 Å². The molecule has 4 heterocycles. The summed E-state index contributed by atoms with van der Waals surface area (Å²) in [6.45, 7) is 5.42. The van der Waals surface area contributed by atoms with Crippen molar-refractivity contribution >= 4 is 16.9 Å². The molecule has 9 heteroatoms. The zero-order valence-corrected chi connectivity index (χ0v) is 17.3. The van der Waals surface area contributed by atoms with Gasteiger partial charge in [-0.05, 0) is 44.2 Å². The molecule has 0 N–H and O–H groups in total. The number of amides is 1. The number of fused-ring (bicyclic) bond motifs is 1. The second-order valence-corrected chi connectivity index (χ2v) is 7.73. The number of carbonyl (C=O) groups excluding carboxylic acids is 1. The zero-order chi connectivity index (χ0) is 21.4. The summed E-state index contributed by atoms with van der Waals surface area (Å²) in [5.74, 6) is 0.664. The normalized spacial score (nSPS) is 16.9. The van der Waals surface area contributed by atoms with Crippen molar-refractivity contribution in [3.8, 4) is 11.5 Å². The Balaban J connectivity index is 1.34. The Morgan fingerprint density at radius 2 is 2.10 bits per heavy atom. The highest BCUT2D eigenvalue weighted by atomic mass is 16.5. The maximum absolute atomic E-state index is 13.1. The number of hydrogen-bond acceptors (Lipinski definition) is 7. The molecule has 0 spiro atoms. The molecule has 3 aromatic heterocycles. The van der Waals surface area contributed by atoms with Gasteiger partial charge in [0.05, 0.1) is 30.5 Å². The van der Waals surface area contributed by atoms with Gasteiger partial charge < -0.3 is 18.7 Å². The lowest BCUT2D eigenvalue weighted by molar-refractivity contribution is -0.0367. The minimum Gasteiger partial charge on any atom is -0.365 e. The number of aromatic nitrogens is 5. The van der Waals surface area contributed by atoms with Crippen LogP contribution in [0.1, 0.15) is 42.2 Å². The Kier molecular flexibility index (Phi) is 4.95. The molecule has 1 aliphatic rings. The molecule has 9 nitrogen and oxygen atoms in total. The van der Waals surface area contributed by atoms with Gasteiger partial charge in [0, 0.05) is 24.3 Å². The highest BCUT2D eigenvalue weighted by Crippen LogP contribution is 2.25. The molecule has 0 bridgehead atoms. The Labute approximate surface area is 178 Å². The third-order valence-corrected chi connectivity index (χ3v) is 5.34. The molecule has 1 aromatic carbocycles. The number of pyridine rings is 1. The Morgan fingerprint density at radius 3 is 2.90 bits per heavy atom. The smallest absolute Gasteiger partial charge is 0.257 e. The van der Waals surface area contributed by atoms with E-state index in [1.807, 2.05) is 42.7 Å². The molecule has 1 fully saturated rings. The topological polar surface area (TPSA) is 99.2 Å². The molecular weight excluding hydrogens is 396 g/mol. The van der Waals surface area contributed by atoms with Crippen LogP contribution in [0.2, 0.25) is 0 Å². The number of hydrogen-bond donors (Lipinski definition) is 0. The van der Waals surface area contributed by atoms with Gasteiger partial charge in [0.25, 0.3) is 11.8 Å². The second kappa shape index (κ2) is 7.92. The van der Waals surface area contributed by atoms with Crippen LogP contribution in [0, 0.1) is 0 Å². The van der Waals surface area contributed by atoms with E-state index in [1.165, 1.54) is 0 Å². The molecule has 0 saturated carbocycles. The molecule has 0 unspecified atom stereocenters. The summed E-state index contributed by atoms with van der Waals surface area (Å²) in [5.41, 5.74) is 3.04. The van der Waals surface area contributed by atoms with Crippen LogP contribution in [0.5, 0.6) is 0 Å². The van der Waals surface area contributed by atoms with Crippen LogP contribution in [-0.2, 0) is 4.74 Å². The van der Waals surface area contributed by atoms with E-state index in [0.717, 1.165) is 11.0 Å². The molecule has 158 valence electrons. The number of benzene rings is 1. The Hall–Kier alpha value is -3.59. The van der Waals surface area contributed by atoms with Crippen molar-refractivity contribution in [2.45, 2.75) is 26.0 Å². The van der Waals surface area contributed by atoms with Gasteiger partial charge in [0.15, 0.2) is 6.10 Å². The molecule has 1 atom stereocenters. The van der Waals surface area contributed by atoms with Crippen LogP contribution in [0.3, 0.4) is 0 Å². The quantitative estimate of drug-likeness (QED) is 0.501. The van der Waals surface area contributed by atoms with Crippen molar-refractivity contribution < 1.29 is 14.1 Å². The van der Waals surface area contributed by atoms with Gasteiger partial charge in [0.2, 0.25) is 5.82 Å². The first-order valence-electron chi connectivity index (χ1n) is 10.2. The molecule has 1 amide bonds. The number of carbonyl (C=O) groups is 1. The first-order valence-corrected chi connectivity index (χ1v) is 10.2. The summed E-state index contributed by atoms with van der Waals surface area (Å²) in [4.78, 5) is 28.0. The van der Waals surface area contributed by atoms with Crippen molar-refractivity contribution in [3.05, 3.63) is 60.4 Å². The molecule has 4 aromatic rings. The third-order valence-electron chi connectivity index (χ3n) is 5.34. The van der Waals surface area contributed by atoms with E-state index in [9.17, 15) is 4.79 Å². The van der Waals surface area contributed by atoms with Crippen LogP contribution in [0.25, 0.3) is 22.6 Å².